The Hall–Kier alpha value is -0.223. The molecule has 0 amide bonds. The van der Waals surface area contributed by atoms with Gasteiger partial charge in [-0.15, -0.1) is 11.5 Å². The lowest BCUT2D eigenvalue weighted by Gasteiger charge is -2.60. The largest absolute Gasteiger partial charge is 0.132 e. The first kappa shape index (κ1) is 12.2. The molecule has 1 heteroatoms. The van der Waals surface area contributed by atoms with Crippen molar-refractivity contribution in [1.82, 2.24) is 0 Å². The van der Waals surface area contributed by atoms with Crippen LogP contribution in [0.15, 0.2) is 0 Å². The standard InChI is InChI=1S/C15H26Si/c1-6-9-16(4,5)11-12-7-8-13-10-14(12)15(13,2)3/h12-14H,7-8,10-11H2,1-5H3. The maximum absolute atomic E-state index is 3.52. The van der Waals surface area contributed by atoms with Crippen LogP contribution in [0.4, 0.5) is 0 Å². The van der Waals surface area contributed by atoms with Crippen molar-refractivity contribution in [2.45, 2.75) is 59.2 Å². The molecule has 2 bridgehead atoms. The topological polar surface area (TPSA) is 0 Å². The fraction of sp³-hybridized carbons (Fsp3) is 0.867. The summed E-state index contributed by atoms with van der Waals surface area (Å²) in [5.74, 6) is 6.19. The van der Waals surface area contributed by atoms with Gasteiger partial charge in [-0.05, 0) is 49.0 Å². The zero-order chi connectivity index (χ0) is 12.0. The molecule has 0 saturated heterocycles. The number of hydrogen-bond donors (Lipinski definition) is 0. The maximum atomic E-state index is 3.52. The van der Waals surface area contributed by atoms with Crippen LogP contribution in [-0.2, 0) is 0 Å². The predicted molar refractivity (Wildman–Crippen MR) is 73.8 cm³/mol. The van der Waals surface area contributed by atoms with Gasteiger partial charge in [0, 0.05) is 0 Å². The summed E-state index contributed by atoms with van der Waals surface area (Å²) in [5, 5.41) is 0. The first-order valence-corrected chi connectivity index (χ1v) is 10.0. The highest BCUT2D eigenvalue weighted by Crippen LogP contribution is 2.62. The van der Waals surface area contributed by atoms with E-state index >= 15 is 0 Å². The Morgan fingerprint density at radius 2 is 1.94 bits per heavy atom. The molecule has 0 nitrogen and oxygen atoms in total. The van der Waals surface area contributed by atoms with E-state index in [9.17, 15) is 0 Å². The molecule has 3 rings (SSSR count). The lowest BCUT2D eigenvalue weighted by molar-refractivity contribution is -0.0990. The highest BCUT2D eigenvalue weighted by molar-refractivity contribution is 6.85. The van der Waals surface area contributed by atoms with Crippen LogP contribution >= 0.6 is 0 Å². The van der Waals surface area contributed by atoms with Crippen molar-refractivity contribution in [2.75, 3.05) is 0 Å². The van der Waals surface area contributed by atoms with Crippen LogP contribution in [0.3, 0.4) is 0 Å². The van der Waals surface area contributed by atoms with Crippen LogP contribution in [0.1, 0.15) is 40.0 Å². The monoisotopic (exact) mass is 234 g/mol. The summed E-state index contributed by atoms with van der Waals surface area (Å²) >= 11 is 0. The van der Waals surface area contributed by atoms with Gasteiger partial charge in [-0.1, -0.05) is 33.4 Å². The molecule has 3 fully saturated rings. The van der Waals surface area contributed by atoms with Crippen LogP contribution in [0.25, 0.3) is 0 Å². The third-order valence-electron chi connectivity index (χ3n) is 5.24. The molecule has 3 atom stereocenters. The zero-order valence-electron chi connectivity index (χ0n) is 11.6. The molecule has 3 aliphatic rings. The van der Waals surface area contributed by atoms with Gasteiger partial charge in [0.1, 0.15) is 8.07 Å². The third-order valence-corrected chi connectivity index (χ3v) is 7.71. The molecule has 0 heterocycles. The fourth-order valence-corrected chi connectivity index (χ4v) is 6.83. The molecule has 3 unspecified atom stereocenters. The molecule has 0 aliphatic heterocycles. The van der Waals surface area contributed by atoms with Gasteiger partial charge in [-0.2, -0.15) is 0 Å². The molecular weight excluding hydrogens is 208 g/mol. The molecule has 16 heavy (non-hydrogen) atoms. The number of rotatable bonds is 2. The SMILES string of the molecule is CC#C[Si](C)(C)CC1CCC2CC1C2(C)C. The van der Waals surface area contributed by atoms with Crippen molar-refractivity contribution in [2.24, 2.45) is 23.2 Å². The van der Waals surface area contributed by atoms with Gasteiger partial charge in [0.2, 0.25) is 0 Å². The van der Waals surface area contributed by atoms with E-state index in [0.29, 0.717) is 5.41 Å². The Morgan fingerprint density at radius 1 is 1.25 bits per heavy atom. The Balaban J connectivity index is 2.03. The molecule has 3 aliphatic carbocycles. The summed E-state index contributed by atoms with van der Waals surface area (Å²) in [6.07, 6.45) is 4.49. The summed E-state index contributed by atoms with van der Waals surface area (Å²) in [6.45, 7) is 11.9. The second-order valence-electron chi connectivity index (χ2n) is 7.16. The zero-order valence-corrected chi connectivity index (χ0v) is 12.6. The lowest BCUT2D eigenvalue weighted by atomic mass is 9.46. The van der Waals surface area contributed by atoms with Gasteiger partial charge in [0.05, 0.1) is 0 Å². The second kappa shape index (κ2) is 3.91. The average Bonchev–Trinajstić information content (AvgIpc) is 2.16. The molecule has 90 valence electrons. The van der Waals surface area contributed by atoms with Crippen molar-refractivity contribution in [3.8, 4) is 11.5 Å². The van der Waals surface area contributed by atoms with Gasteiger partial charge in [0.25, 0.3) is 0 Å². The molecule has 0 aromatic rings. The smallest absolute Gasteiger partial charge is 0.132 e. The molecule has 0 aromatic heterocycles. The van der Waals surface area contributed by atoms with Gasteiger partial charge >= 0.3 is 0 Å². The van der Waals surface area contributed by atoms with E-state index in [1.807, 2.05) is 6.92 Å². The van der Waals surface area contributed by atoms with E-state index in [1.54, 1.807) is 0 Å². The summed E-state index contributed by atoms with van der Waals surface area (Å²) in [7, 11) is -1.23. The van der Waals surface area contributed by atoms with E-state index in [1.165, 1.54) is 25.3 Å². The average molecular weight is 234 g/mol. The van der Waals surface area contributed by atoms with Crippen LogP contribution in [0, 0.1) is 34.6 Å². The Labute approximate surface area is 102 Å². The van der Waals surface area contributed by atoms with Crippen molar-refractivity contribution < 1.29 is 0 Å². The summed E-state index contributed by atoms with van der Waals surface area (Å²) in [6, 6.07) is 1.44. The van der Waals surface area contributed by atoms with Crippen molar-refractivity contribution in [3.63, 3.8) is 0 Å². The van der Waals surface area contributed by atoms with Gasteiger partial charge < -0.3 is 0 Å². The third kappa shape index (κ3) is 1.97. The van der Waals surface area contributed by atoms with Gasteiger partial charge in [0.15, 0.2) is 0 Å². The number of fused-ring (bicyclic) bond motifs is 2. The van der Waals surface area contributed by atoms with E-state index in [0.717, 1.165) is 17.8 Å². The highest BCUT2D eigenvalue weighted by atomic mass is 28.3. The van der Waals surface area contributed by atoms with Gasteiger partial charge in [-0.25, -0.2) is 0 Å². The Morgan fingerprint density at radius 3 is 2.44 bits per heavy atom. The molecule has 0 aromatic carbocycles. The normalized spacial score (nSPS) is 35.9. The van der Waals surface area contributed by atoms with Crippen LogP contribution in [0.5, 0.6) is 0 Å². The molecule has 0 N–H and O–H groups in total. The van der Waals surface area contributed by atoms with E-state index < -0.39 is 8.07 Å². The fourth-order valence-electron chi connectivity index (χ4n) is 4.25. The van der Waals surface area contributed by atoms with E-state index in [4.69, 9.17) is 0 Å². The maximum Gasteiger partial charge on any atom is 0.132 e. The van der Waals surface area contributed by atoms with Crippen molar-refractivity contribution in [3.05, 3.63) is 0 Å². The van der Waals surface area contributed by atoms with Gasteiger partial charge in [-0.3, -0.25) is 0 Å². The van der Waals surface area contributed by atoms with Crippen LogP contribution < -0.4 is 0 Å². The first-order valence-electron chi connectivity index (χ1n) is 6.81. The first-order chi connectivity index (χ1) is 7.37. The van der Waals surface area contributed by atoms with E-state index in [-0.39, 0.29) is 0 Å². The van der Waals surface area contributed by atoms with Crippen molar-refractivity contribution >= 4 is 8.07 Å². The Kier molecular flexibility index (Phi) is 2.99. The minimum Gasteiger partial charge on any atom is -0.132 e. The van der Waals surface area contributed by atoms with Crippen LogP contribution in [0.2, 0.25) is 19.1 Å². The molecular formula is C15H26Si. The molecule has 0 spiro atoms. The summed E-state index contributed by atoms with van der Waals surface area (Å²) in [4.78, 5) is 0. The lowest BCUT2D eigenvalue weighted by Crippen LogP contribution is -2.53. The predicted octanol–water partition coefficient (Wildman–Crippen LogP) is 4.33. The highest BCUT2D eigenvalue weighted by Gasteiger charge is 2.54. The van der Waals surface area contributed by atoms with Crippen molar-refractivity contribution in [1.29, 1.82) is 0 Å². The molecule has 3 saturated carbocycles. The van der Waals surface area contributed by atoms with E-state index in [2.05, 4.69) is 38.4 Å². The minimum atomic E-state index is -1.23. The number of hydrogen-bond acceptors (Lipinski definition) is 0. The molecule has 0 radical (unpaired) electrons. The summed E-state index contributed by atoms with van der Waals surface area (Å²) in [5.41, 5.74) is 4.17. The summed E-state index contributed by atoms with van der Waals surface area (Å²) < 4.78 is 0. The Bertz CT molecular complexity index is 327. The van der Waals surface area contributed by atoms with Crippen LogP contribution in [-0.4, -0.2) is 8.07 Å². The minimum absolute atomic E-state index is 0.646. The quantitative estimate of drug-likeness (QED) is 0.493. The second-order valence-corrected chi connectivity index (χ2v) is 11.6.